The van der Waals surface area contributed by atoms with Crippen LogP contribution in [0.4, 0.5) is 14.6 Å². The highest BCUT2D eigenvalue weighted by Gasteiger charge is 2.22. The number of furan rings is 1. The fourth-order valence-corrected chi connectivity index (χ4v) is 3.56. The fraction of sp³-hybridized carbons (Fsp3) is 0.0769. The molecule has 0 bridgehead atoms. The standard InChI is InChI=1S/C26H19F2N5O4/c27-15-4-5-16(22(34)11-15)21-12-17(14-3-6-20(28)18(10-14)25(35)31-8-7-29)19(13-30)24(32-21)33-26(36)23-2-1-9-37-23/h1-6,9-12,34H,7-8,29H2,(H,31,35)(H,32,33,36). The van der Waals surface area contributed by atoms with Gasteiger partial charge in [0.25, 0.3) is 11.8 Å². The molecular weight excluding hydrogens is 484 g/mol. The van der Waals surface area contributed by atoms with E-state index in [0.29, 0.717) is 0 Å². The first-order valence-electron chi connectivity index (χ1n) is 10.9. The molecule has 0 radical (unpaired) electrons. The van der Waals surface area contributed by atoms with Crippen LogP contribution in [0.5, 0.6) is 5.75 Å². The van der Waals surface area contributed by atoms with Crippen molar-refractivity contribution in [2.24, 2.45) is 5.73 Å². The van der Waals surface area contributed by atoms with Crippen LogP contribution in [0, 0.1) is 23.0 Å². The van der Waals surface area contributed by atoms with Crippen LogP contribution in [0.2, 0.25) is 0 Å². The van der Waals surface area contributed by atoms with Crippen molar-refractivity contribution in [3.63, 3.8) is 0 Å². The average molecular weight is 503 g/mol. The van der Waals surface area contributed by atoms with Gasteiger partial charge in [-0.1, -0.05) is 6.07 Å². The topological polar surface area (TPSA) is 154 Å². The number of carbonyl (C=O) groups is 2. The lowest BCUT2D eigenvalue weighted by atomic mass is 9.96. The number of rotatable bonds is 7. The van der Waals surface area contributed by atoms with E-state index in [-0.39, 0.29) is 58.2 Å². The van der Waals surface area contributed by atoms with Crippen LogP contribution in [0.3, 0.4) is 0 Å². The summed E-state index contributed by atoms with van der Waals surface area (Å²) in [5.41, 5.74) is 5.58. The van der Waals surface area contributed by atoms with Crippen LogP contribution in [0.1, 0.15) is 26.5 Å². The van der Waals surface area contributed by atoms with Crippen LogP contribution in [-0.2, 0) is 0 Å². The Bertz CT molecular complexity index is 1530. The molecule has 11 heteroatoms. The molecule has 0 unspecified atom stereocenters. The maximum Gasteiger partial charge on any atom is 0.292 e. The molecule has 2 aromatic heterocycles. The largest absolute Gasteiger partial charge is 0.507 e. The molecule has 0 aliphatic heterocycles. The number of amides is 2. The van der Waals surface area contributed by atoms with Crippen molar-refractivity contribution in [2.45, 2.75) is 0 Å². The second-order valence-corrected chi connectivity index (χ2v) is 7.72. The van der Waals surface area contributed by atoms with Crippen molar-refractivity contribution >= 4 is 17.6 Å². The number of anilines is 1. The quantitative estimate of drug-likeness (QED) is 0.299. The predicted octanol–water partition coefficient (Wildman–Crippen LogP) is 3.80. The highest BCUT2D eigenvalue weighted by molar-refractivity contribution is 6.03. The van der Waals surface area contributed by atoms with Crippen molar-refractivity contribution in [2.75, 3.05) is 18.4 Å². The molecule has 0 aliphatic carbocycles. The second-order valence-electron chi connectivity index (χ2n) is 7.72. The van der Waals surface area contributed by atoms with Gasteiger partial charge in [0.15, 0.2) is 11.6 Å². The van der Waals surface area contributed by atoms with Gasteiger partial charge >= 0.3 is 0 Å². The van der Waals surface area contributed by atoms with Gasteiger partial charge in [-0.2, -0.15) is 5.26 Å². The Kier molecular flexibility index (Phi) is 7.22. The van der Waals surface area contributed by atoms with Gasteiger partial charge < -0.3 is 25.9 Å². The van der Waals surface area contributed by atoms with E-state index in [1.54, 1.807) is 0 Å². The second kappa shape index (κ2) is 10.7. The first-order valence-corrected chi connectivity index (χ1v) is 10.9. The maximum absolute atomic E-state index is 14.5. The van der Waals surface area contributed by atoms with Crippen molar-refractivity contribution in [3.05, 3.63) is 89.4 Å². The number of benzene rings is 2. The van der Waals surface area contributed by atoms with Crippen molar-refractivity contribution in [1.29, 1.82) is 5.26 Å². The highest BCUT2D eigenvalue weighted by atomic mass is 19.1. The molecule has 37 heavy (non-hydrogen) atoms. The Hall–Kier alpha value is -5.08. The number of nitrogens with one attached hydrogen (secondary N) is 2. The summed E-state index contributed by atoms with van der Waals surface area (Å²) >= 11 is 0. The van der Waals surface area contributed by atoms with Gasteiger partial charge in [0.2, 0.25) is 0 Å². The number of hydrogen-bond donors (Lipinski definition) is 4. The molecule has 2 amide bonds. The number of phenols is 1. The van der Waals surface area contributed by atoms with Gasteiger partial charge in [-0.15, -0.1) is 0 Å². The molecule has 0 saturated heterocycles. The molecule has 5 N–H and O–H groups in total. The van der Waals surface area contributed by atoms with E-state index in [0.717, 1.165) is 18.2 Å². The van der Waals surface area contributed by atoms with Gasteiger partial charge in [-0.3, -0.25) is 9.59 Å². The molecule has 4 rings (SSSR count). The smallest absolute Gasteiger partial charge is 0.292 e. The van der Waals surface area contributed by atoms with Gasteiger partial charge in [-0.05, 0) is 48.0 Å². The van der Waals surface area contributed by atoms with Crippen molar-refractivity contribution < 1.29 is 27.9 Å². The summed E-state index contributed by atoms with van der Waals surface area (Å²) < 4.78 is 33.2. The molecule has 2 aromatic carbocycles. The minimum Gasteiger partial charge on any atom is -0.507 e. The zero-order chi connectivity index (χ0) is 26.5. The average Bonchev–Trinajstić information content (AvgIpc) is 3.42. The van der Waals surface area contributed by atoms with Crippen LogP contribution >= 0.6 is 0 Å². The lowest BCUT2D eigenvalue weighted by Crippen LogP contribution is -2.29. The molecule has 4 aromatic rings. The lowest BCUT2D eigenvalue weighted by Gasteiger charge is -2.15. The van der Waals surface area contributed by atoms with E-state index in [4.69, 9.17) is 10.2 Å². The summed E-state index contributed by atoms with van der Waals surface area (Å²) in [6.07, 6.45) is 1.29. The number of nitrogens with two attached hydrogens (primary N) is 1. The predicted molar refractivity (Wildman–Crippen MR) is 129 cm³/mol. The molecular formula is C26H19F2N5O4. The van der Waals surface area contributed by atoms with Crippen LogP contribution in [-0.4, -0.2) is 35.0 Å². The SMILES string of the molecule is N#Cc1c(-c2ccc(F)c(C(=O)NCCN)c2)cc(-c2ccc(F)cc2O)nc1NC(=O)c1ccco1. The lowest BCUT2D eigenvalue weighted by molar-refractivity contribution is 0.0949. The zero-order valence-corrected chi connectivity index (χ0v) is 19.1. The zero-order valence-electron chi connectivity index (χ0n) is 19.1. The third-order valence-corrected chi connectivity index (χ3v) is 5.30. The van der Waals surface area contributed by atoms with Crippen LogP contribution < -0.4 is 16.4 Å². The number of nitriles is 1. The summed E-state index contributed by atoms with van der Waals surface area (Å²) in [5.74, 6) is -3.59. The third-order valence-electron chi connectivity index (χ3n) is 5.30. The molecule has 0 spiro atoms. The fourth-order valence-electron chi connectivity index (χ4n) is 3.56. The first kappa shape index (κ1) is 25.0. The Morgan fingerprint density at radius 1 is 1.08 bits per heavy atom. The molecule has 0 atom stereocenters. The van der Waals surface area contributed by atoms with Crippen LogP contribution in [0.25, 0.3) is 22.4 Å². The maximum atomic E-state index is 14.5. The first-order chi connectivity index (χ1) is 17.8. The number of nitrogens with zero attached hydrogens (tertiary/aromatic N) is 2. The Morgan fingerprint density at radius 2 is 1.89 bits per heavy atom. The van der Waals surface area contributed by atoms with Crippen LogP contribution in [0.15, 0.2) is 65.3 Å². The summed E-state index contributed by atoms with van der Waals surface area (Å²) in [5, 5.41) is 25.3. The van der Waals surface area contributed by atoms with E-state index < -0.39 is 29.2 Å². The van der Waals surface area contributed by atoms with Gasteiger partial charge in [0, 0.05) is 30.3 Å². The Balaban J connectivity index is 1.91. The van der Waals surface area contributed by atoms with Gasteiger partial charge in [0.05, 0.1) is 17.5 Å². The molecule has 0 saturated carbocycles. The summed E-state index contributed by atoms with van der Waals surface area (Å²) in [7, 11) is 0. The number of halogens is 2. The van der Waals surface area contributed by atoms with Crippen molar-refractivity contribution in [1.82, 2.24) is 10.3 Å². The number of carbonyl (C=O) groups excluding carboxylic acids is 2. The summed E-state index contributed by atoms with van der Waals surface area (Å²) in [6, 6.07) is 13.2. The van der Waals surface area contributed by atoms with E-state index in [1.165, 1.54) is 42.7 Å². The summed E-state index contributed by atoms with van der Waals surface area (Å²) in [4.78, 5) is 29.4. The Labute approximate surface area is 209 Å². The molecule has 186 valence electrons. The minimum atomic E-state index is -0.798. The molecule has 9 nitrogen and oxygen atoms in total. The number of hydrogen-bond acceptors (Lipinski definition) is 7. The van der Waals surface area contributed by atoms with Gasteiger partial charge in [-0.25, -0.2) is 13.8 Å². The molecule has 0 fully saturated rings. The number of aromatic hydroxyl groups is 1. The number of phenolic OH excluding ortho intramolecular Hbond substituents is 1. The minimum absolute atomic E-state index is 0.0529. The summed E-state index contributed by atoms with van der Waals surface area (Å²) in [6.45, 7) is 0.275. The van der Waals surface area contributed by atoms with E-state index in [9.17, 15) is 28.7 Å². The molecule has 2 heterocycles. The van der Waals surface area contributed by atoms with E-state index >= 15 is 0 Å². The molecule has 0 aliphatic rings. The van der Waals surface area contributed by atoms with Crippen molar-refractivity contribution in [3.8, 4) is 34.2 Å². The normalized spacial score (nSPS) is 10.5. The number of pyridine rings is 1. The third kappa shape index (κ3) is 5.29. The van der Waals surface area contributed by atoms with E-state index in [2.05, 4.69) is 15.6 Å². The highest BCUT2D eigenvalue weighted by Crippen LogP contribution is 2.36. The Morgan fingerprint density at radius 3 is 2.57 bits per heavy atom. The van der Waals surface area contributed by atoms with E-state index in [1.807, 2.05) is 6.07 Å². The van der Waals surface area contributed by atoms with Gasteiger partial charge in [0.1, 0.15) is 29.0 Å². The monoisotopic (exact) mass is 503 g/mol. The number of aromatic nitrogens is 1.